The SMILES string of the molecule is C=C[C@@]1(C)CC(=O)[C@]2(O)C3(C)[C@@H](O)CCC(C)(C)[C@@H]3C(O)C(OC(=O)N(CC)CC)[C@@]2(C)O1. The normalized spacial score (nSPS) is 46.7. The van der Waals surface area contributed by atoms with Crippen LogP contribution in [0.5, 0.6) is 0 Å². The van der Waals surface area contributed by atoms with E-state index in [1.54, 1.807) is 13.8 Å². The predicted molar refractivity (Wildman–Crippen MR) is 122 cm³/mol. The fourth-order valence-electron chi connectivity index (χ4n) is 7.14. The Bertz CT molecular complexity index is 826. The Labute approximate surface area is 196 Å². The minimum atomic E-state index is -2.21. The summed E-state index contributed by atoms with van der Waals surface area (Å²) in [6.45, 7) is 16.9. The van der Waals surface area contributed by atoms with Gasteiger partial charge in [-0.3, -0.25) is 4.79 Å². The van der Waals surface area contributed by atoms with E-state index in [2.05, 4.69) is 6.58 Å². The summed E-state index contributed by atoms with van der Waals surface area (Å²) in [5.41, 5.74) is -7.16. The molecule has 2 saturated carbocycles. The van der Waals surface area contributed by atoms with E-state index >= 15 is 0 Å². The molecule has 8 nitrogen and oxygen atoms in total. The fourth-order valence-corrected chi connectivity index (χ4v) is 7.14. The Balaban J connectivity index is 2.27. The van der Waals surface area contributed by atoms with E-state index in [1.165, 1.54) is 17.9 Å². The van der Waals surface area contributed by atoms with Crippen LogP contribution in [0.15, 0.2) is 12.7 Å². The minimum Gasteiger partial charge on any atom is -0.440 e. The topological polar surface area (TPSA) is 117 Å². The molecule has 0 radical (unpaired) electrons. The van der Waals surface area contributed by atoms with Gasteiger partial charge in [-0.05, 0) is 46.0 Å². The Morgan fingerprint density at radius 3 is 2.30 bits per heavy atom. The number of nitrogens with zero attached hydrogens (tertiary/aromatic N) is 1. The molecular weight excluding hydrogens is 426 g/mol. The van der Waals surface area contributed by atoms with Crippen molar-refractivity contribution >= 4 is 11.9 Å². The van der Waals surface area contributed by atoms with Crippen LogP contribution in [-0.4, -0.2) is 80.3 Å². The van der Waals surface area contributed by atoms with Gasteiger partial charge in [-0.2, -0.15) is 0 Å². The quantitative estimate of drug-likeness (QED) is 0.544. The standard InChI is InChI=1S/C25H41NO7/c1-9-22(6)14-16(28)25(31)23(7)15(27)12-13-21(4,5)18(23)17(29)19(24(25,8)33-22)32-20(30)26(10-2)11-3/h9,15,17-19,27,29,31H,1,10-14H2,2-8H3/t15-,17?,18-,19?,22-,23?,24+,25-/m0/s1. The zero-order valence-electron chi connectivity index (χ0n) is 21.1. The molecule has 8 atom stereocenters. The van der Waals surface area contributed by atoms with Crippen molar-refractivity contribution < 1.29 is 34.4 Å². The number of ether oxygens (including phenoxy) is 2. The molecule has 188 valence electrons. The third-order valence-electron chi connectivity index (χ3n) is 8.98. The van der Waals surface area contributed by atoms with Crippen LogP contribution >= 0.6 is 0 Å². The van der Waals surface area contributed by atoms with Crippen molar-refractivity contribution in [2.24, 2.45) is 16.7 Å². The second-order valence-corrected chi connectivity index (χ2v) is 11.3. The summed E-state index contributed by atoms with van der Waals surface area (Å²) in [5.74, 6) is -1.25. The molecule has 0 aromatic heterocycles. The first-order valence-electron chi connectivity index (χ1n) is 12.0. The van der Waals surface area contributed by atoms with Gasteiger partial charge in [0.15, 0.2) is 17.5 Å². The van der Waals surface area contributed by atoms with Crippen LogP contribution in [0.3, 0.4) is 0 Å². The van der Waals surface area contributed by atoms with E-state index in [0.717, 1.165) is 0 Å². The molecule has 3 aliphatic rings. The largest absolute Gasteiger partial charge is 0.440 e. The van der Waals surface area contributed by atoms with Gasteiger partial charge in [0.2, 0.25) is 0 Å². The van der Waals surface area contributed by atoms with Crippen molar-refractivity contribution in [2.75, 3.05) is 13.1 Å². The van der Waals surface area contributed by atoms with Gasteiger partial charge >= 0.3 is 6.09 Å². The van der Waals surface area contributed by atoms with Gasteiger partial charge in [0.05, 0.1) is 17.8 Å². The highest BCUT2D eigenvalue weighted by atomic mass is 16.6. The van der Waals surface area contributed by atoms with Gasteiger partial charge in [-0.1, -0.05) is 26.8 Å². The summed E-state index contributed by atoms with van der Waals surface area (Å²) >= 11 is 0. The Morgan fingerprint density at radius 2 is 1.79 bits per heavy atom. The minimum absolute atomic E-state index is 0.148. The van der Waals surface area contributed by atoms with Crippen LogP contribution in [0.2, 0.25) is 0 Å². The Morgan fingerprint density at radius 1 is 1.21 bits per heavy atom. The molecule has 2 aliphatic carbocycles. The van der Waals surface area contributed by atoms with E-state index in [1.807, 2.05) is 27.7 Å². The highest BCUT2D eigenvalue weighted by molar-refractivity contribution is 5.92. The zero-order chi connectivity index (χ0) is 25.2. The lowest BCUT2D eigenvalue weighted by atomic mass is 9.40. The van der Waals surface area contributed by atoms with Gasteiger partial charge in [0, 0.05) is 30.8 Å². The van der Waals surface area contributed by atoms with Gasteiger partial charge in [-0.15, -0.1) is 6.58 Å². The van der Waals surface area contributed by atoms with Crippen molar-refractivity contribution in [1.29, 1.82) is 0 Å². The summed E-state index contributed by atoms with van der Waals surface area (Å²) in [6.07, 6.45) is -2.07. The molecule has 3 unspecified atom stereocenters. The first-order valence-corrected chi connectivity index (χ1v) is 12.0. The van der Waals surface area contributed by atoms with Crippen LogP contribution in [0, 0.1) is 16.7 Å². The summed E-state index contributed by atoms with van der Waals surface area (Å²) in [5, 5.41) is 35.4. The highest BCUT2D eigenvalue weighted by Gasteiger charge is 2.81. The number of hydrogen-bond acceptors (Lipinski definition) is 7. The molecule has 1 heterocycles. The maximum Gasteiger partial charge on any atom is 0.410 e. The first-order chi connectivity index (χ1) is 15.1. The van der Waals surface area contributed by atoms with Crippen molar-refractivity contribution in [2.45, 2.75) is 103 Å². The van der Waals surface area contributed by atoms with Gasteiger partial charge in [0.25, 0.3) is 0 Å². The molecule has 1 amide bonds. The van der Waals surface area contributed by atoms with Crippen LogP contribution < -0.4 is 0 Å². The average Bonchev–Trinajstić information content (AvgIpc) is 2.72. The first kappa shape index (κ1) is 26.1. The van der Waals surface area contributed by atoms with Crippen LogP contribution in [0.1, 0.15) is 67.7 Å². The molecule has 0 spiro atoms. The number of rotatable bonds is 4. The summed E-state index contributed by atoms with van der Waals surface area (Å²) in [6, 6.07) is 0. The predicted octanol–water partition coefficient (Wildman–Crippen LogP) is 2.44. The molecule has 33 heavy (non-hydrogen) atoms. The molecule has 3 fully saturated rings. The lowest BCUT2D eigenvalue weighted by molar-refractivity contribution is -0.369. The summed E-state index contributed by atoms with van der Waals surface area (Å²) in [7, 11) is 0. The highest BCUT2D eigenvalue weighted by Crippen LogP contribution is 2.67. The van der Waals surface area contributed by atoms with Crippen LogP contribution in [0.25, 0.3) is 0 Å². The van der Waals surface area contributed by atoms with Crippen molar-refractivity contribution in [3.05, 3.63) is 12.7 Å². The van der Waals surface area contributed by atoms with Crippen molar-refractivity contribution in [3.8, 4) is 0 Å². The summed E-state index contributed by atoms with van der Waals surface area (Å²) < 4.78 is 12.3. The lowest BCUT2D eigenvalue weighted by Crippen LogP contribution is -2.86. The third kappa shape index (κ3) is 3.32. The van der Waals surface area contributed by atoms with Crippen molar-refractivity contribution in [3.63, 3.8) is 0 Å². The van der Waals surface area contributed by atoms with E-state index < -0.39 is 63.7 Å². The molecule has 0 bridgehead atoms. The van der Waals surface area contributed by atoms with E-state index in [4.69, 9.17) is 9.47 Å². The van der Waals surface area contributed by atoms with Crippen LogP contribution in [0.4, 0.5) is 4.79 Å². The average molecular weight is 468 g/mol. The van der Waals surface area contributed by atoms with Crippen molar-refractivity contribution in [1.82, 2.24) is 4.90 Å². The molecule has 3 N–H and O–H groups in total. The number of fused-ring (bicyclic) bond motifs is 3. The molecule has 8 heteroatoms. The van der Waals surface area contributed by atoms with Gasteiger partial charge < -0.3 is 29.7 Å². The second kappa shape index (κ2) is 8.04. The van der Waals surface area contributed by atoms with E-state index in [-0.39, 0.29) is 6.42 Å². The maximum absolute atomic E-state index is 13.8. The Kier molecular flexibility index (Phi) is 6.37. The van der Waals surface area contributed by atoms with Crippen LogP contribution in [-0.2, 0) is 14.3 Å². The molecule has 0 aromatic carbocycles. The molecule has 0 aromatic rings. The fraction of sp³-hybridized carbons (Fsp3) is 0.840. The van der Waals surface area contributed by atoms with Gasteiger partial charge in [0.1, 0.15) is 5.60 Å². The number of carbonyl (C=O) groups is 2. The third-order valence-corrected chi connectivity index (χ3v) is 8.98. The number of carbonyl (C=O) groups excluding carboxylic acids is 2. The number of aliphatic hydroxyl groups excluding tert-OH is 2. The second-order valence-electron chi connectivity index (χ2n) is 11.3. The Hall–Kier alpha value is -1.48. The molecule has 3 rings (SSSR count). The lowest BCUT2D eigenvalue weighted by Gasteiger charge is -2.71. The maximum atomic E-state index is 13.8. The number of amides is 1. The molecule has 1 aliphatic heterocycles. The number of hydrogen-bond donors (Lipinski definition) is 3. The zero-order valence-corrected chi connectivity index (χ0v) is 21.1. The van der Waals surface area contributed by atoms with Gasteiger partial charge in [-0.25, -0.2) is 4.79 Å². The van der Waals surface area contributed by atoms with E-state index in [9.17, 15) is 24.9 Å². The van der Waals surface area contributed by atoms with E-state index in [0.29, 0.717) is 25.9 Å². The smallest absolute Gasteiger partial charge is 0.410 e. The monoisotopic (exact) mass is 467 g/mol. The number of Topliss-reactive ketones (excluding diaryl/α,β-unsaturated/α-hetero) is 1. The molecule has 1 saturated heterocycles. The number of aliphatic hydroxyl groups is 3. The molecular formula is C25H41NO7. The number of ketones is 1. The summed E-state index contributed by atoms with van der Waals surface area (Å²) in [4.78, 5) is 28.3.